The van der Waals surface area contributed by atoms with Gasteiger partial charge in [0, 0.05) is 28.6 Å². The molecule has 0 bridgehead atoms. The normalized spacial score (nSPS) is 26.0. The minimum atomic E-state index is -3.89. The number of amides is 1. The van der Waals surface area contributed by atoms with Crippen molar-refractivity contribution in [2.24, 2.45) is 11.8 Å². The number of ether oxygens (including phenoxy) is 2. The summed E-state index contributed by atoms with van der Waals surface area (Å²) in [4.78, 5) is 58.9. The topological polar surface area (TPSA) is 257 Å². The van der Waals surface area contributed by atoms with E-state index in [-0.39, 0.29) is 29.5 Å². The number of aliphatic hydroxyl groups is 1. The van der Waals surface area contributed by atoms with E-state index in [0.29, 0.717) is 22.6 Å². The second-order valence-electron chi connectivity index (χ2n) is 13.1. The van der Waals surface area contributed by atoms with Crippen LogP contribution in [0.25, 0.3) is 22.3 Å². The van der Waals surface area contributed by atoms with Crippen molar-refractivity contribution in [3.8, 4) is 12.3 Å². The molecule has 6 heterocycles. The molecule has 4 unspecified atom stereocenters. The monoisotopic (exact) mass is 812 g/mol. The van der Waals surface area contributed by atoms with Crippen molar-refractivity contribution in [2.45, 2.75) is 64.6 Å². The number of carbonyl (C=O) groups is 1. The Hall–Kier alpha value is -4.80. The number of H-pyrrole nitrogens is 1. The lowest BCUT2D eigenvalue weighted by atomic mass is 10.0. The number of terminal acetylenes is 1. The first kappa shape index (κ1) is 40.9. The van der Waals surface area contributed by atoms with Crippen LogP contribution in [0.1, 0.15) is 49.4 Å². The maximum absolute atomic E-state index is 13.8. The highest BCUT2D eigenvalue weighted by Gasteiger charge is 2.51. The van der Waals surface area contributed by atoms with Gasteiger partial charge in [-0.1, -0.05) is 32.0 Å². The number of aromatic nitrogens is 8. The van der Waals surface area contributed by atoms with Crippen molar-refractivity contribution in [1.29, 1.82) is 0 Å². The molecule has 296 valence electrons. The second kappa shape index (κ2) is 17.1. The zero-order valence-corrected chi connectivity index (χ0v) is 32.6. The van der Waals surface area contributed by atoms with E-state index in [0.717, 1.165) is 0 Å². The zero-order valence-electron chi connectivity index (χ0n) is 30.8. The van der Waals surface area contributed by atoms with Gasteiger partial charge in [-0.05, 0) is 26.0 Å². The second-order valence-corrected chi connectivity index (χ2v) is 15.8. The van der Waals surface area contributed by atoms with E-state index in [1.807, 2.05) is 0 Å². The number of carbonyl (C=O) groups excluding carboxylic acids is 1. The summed E-state index contributed by atoms with van der Waals surface area (Å²) >= 11 is 0. The average molecular weight is 813 g/mol. The van der Waals surface area contributed by atoms with Gasteiger partial charge in [-0.25, -0.2) is 24.9 Å². The van der Waals surface area contributed by atoms with Gasteiger partial charge in [-0.15, -0.1) is 21.8 Å². The smallest absolute Gasteiger partial charge is 0.394 e. The van der Waals surface area contributed by atoms with E-state index >= 15 is 0 Å². The summed E-state index contributed by atoms with van der Waals surface area (Å²) in [7, 11) is -6.94. The van der Waals surface area contributed by atoms with Gasteiger partial charge in [0.15, 0.2) is 40.5 Å². The summed E-state index contributed by atoms with van der Waals surface area (Å²) in [5, 5.41) is 13.0. The van der Waals surface area contributed by atoms with Gasteiger partial charge in [0.25, 0.3) is 11.5 Å². The van der Waals surface area contributed by atoms with Crippen LogP contribution < -0.4 is 10.9 Å². The molecule has 56 heavy (non-hydrogen) atoms. The molecule has 2 aliphatic rings. The molecule has 1 amide bonds. The number of rotatable bonds is 12. The third kappa shape index (κ3) is 8.47. The molecule has 1 aromatic carbocycles. The third-order valence-electron chi connectivity index (χ3n) is 9.25. The molecule has 0 radical (unpaired) electrons. The van der Waals surface area contributed by atoms with Crippen LogP contribution in [0.4, 0.5) is 5.82 Å². The van der Waals surface area contributed by atoms with Crippen molar-refractivity contribution in [2.75, 3.05) is 25.2 Å². The van der Waals surface area contributed by atoms with E-state index in [1.54, 1.807) is 62.6 Å². The van der Waals surface area contributed by atoms with Gasteiger partial charge < -0.3 is 33.9 Å². The van der Waals surface area contributed by atoms with Crippen molar-refractivity contribution in [1.82, 2.24) is 39.0 Å². The fraction of sp³-hybridized carbons (Fsp3) is 0.441. The summed E-state index contributed by atoms with van der Waals surface area (Å²) in [6, 6.07) is 8.63. The molecule has 0 aliphatic carbocycles. The van der Waals surface area contributed by atoms with E-state index in [4.69, 9.17) is 23.0 Å². The summed E-state index contributed by atoms with van der Waals surface area (Å²) in [6.45, 7) is 7.28. The molecular weight excluding hydrogens is 772 g/mol. The number of benzene rings is 1. The Labute approximate surface area is 320 Å². The standard InChI is InChI=1S/C31H35N9O11P2.C3H4/c1-15-20(49-31(24(15)50-52(44)45)40-14-35-22-27(40)36-17(3)37-29(22)43)11-47-53(4,46)51-23-16(2)30(48-19(23)10-41)39-13-34-21-25(32-12-33-26(21)39)38-28(42)18-8-6-5-7-9-18;1-3-2/h5-9,12-16,19-20,23-24,30-31,41H,10-11H2,1-4H3,(H2-,32,33,36,37,38,42,43,44,45);1H,2H3/p+1/t15-,16?,19+,20+,23+,24?,30+,31+,53?;/m0./s1. The van der Waals surface area contributed by atoms with Gasteiger partial charge in [-0.2, -0.15) is 0 Å². The van der Waals surface area contributed by atoms with Gasteiger partial charge in [0.2, 0.25) is 0 Å². The fourth-order valence-corrected chi connectivity index (χ4v) is 8.36. The molecule has 5 aromatic rings. The van der Waals surface area contributed by atoms with Crippen LogP contribution >= 0.6 is 15.9 Å². The van der Waals surface area contributed by atoms with E-state index < -0.39 is 76.7 Å². The predicted molar refractivity (Wildman–Crippen MR) is 199 cm³/mol. The zero-order chi connectivity index (χ0) is 40.3. The average Bonchev–Trinajstić information content (AvgIpc) is 3.92. The first-order chi connectivity index (χ1) is 26.8. The van der Waals surface area contributed by atoms with Gasteiger partial charge >= 0.3 is 15.9 Å². The third-order valence-corrected chi connectivity index (χ3v) is 10.9. The van der Waals surface area contributed by atoms with Crippen LogP contribution in [-0.2, 0) is 32.2 Å². The van der Waals surface area contributed by atoms with Crippen LogP contribution in [0, 0.1) is 31.1 Å². The van der Waals surface area contributed by atoms with Crippen LogP contribution in [0.3, 0.4) is 0 Å². The number of aryl methyl sites for hydroxylation is 1. The molecule has 10 atom stereocenters. The number of aliphatic hydroxyl groups excluding tert-OH is 1. The minimum absolute atomic E-state index is 0.0428. The number of hydrogen-bond donors (Lipinski definition) is 4. The number of fused-ring (bicyclic) bond motifs is 2. The number of imidazole rings is 2. The molecule has 22 heteroatoms. The first-order valence-electron chi connectivity index (χ1n) is 17.3. The number of nitrogens with one attached hydrogen (secondary N) is 2. The quantitative estimate of drug-likeness (QED) is 0.104. The Balaban J connectivity index is 0.00000172. The van der Waals surface area contributed by atoms with Crippen LogP contribution in [0.15, 0.2) is 54.1 Å². The largest absolute Gasteiger partial charge is 0.695 e. The van der Waals surface area contributed by atoms with Crippen LogP contribution in [-0.4, -0.2) is 99.2 Å². The predicted octanol–water partition coefficient (Wildman–Crippen LogP) is 3.48. The summed E-state index contributed by atoms with van der Waals surface area (Å²) in [5.74, 6) is 1.30. The van der Waals surface area contributed by atoms with Crippen LogP contribution in [0.2, 0.25) is 0 Å². The molecule has 2 saturated heterocycles. The van der Waals surface area contributed by atoms with E-state index in [1.165, 1.54) is 30.2 Å². The molecule has 0 spiro atoms. The van der Waals surface area contributed by atoms with Crippen molar-refractivity contribution in [3.63, 3.8) is 0 Å². The molecular formula is C34H40N9O11P2+. The minimum Gasteiger partial charge on any atom is -0.394 e. The SMILES string of the molecule is C#CC.Cc1nc2c(ncn2[C@@H]2O[C@H](COP(C)(=O)O[C@@H]3C(C)[C@H](n4cnc5c(NC(=O)c6ccccc6)ncnc54)O[C@@H]3CO)[C@H](C)C2O[P+](=O)O)c(=O)[nH]1. The molecule has 0 saturated carbocycles. The molecule has 20 nitrogen and oxygen atoms in total. The lowest BCUT2D eigenvalue weighted by Gasteiger charge is -2.26. The maximum Gasteiger partial charge on any atom is 0.695 e. The summed E-state index contributed by atoms with van der Waals surface area (Å²) in [6.07, 6.45) is 3.22. The number of hydrogen-bond acceptors (Lipinski definition) is 15. The molecule has 2 fully saturated rings. The highest BCUT2D eigenvalue weighted by molar-refractivity contribution is 7.53. The van der Waals surface area contributed by atoms with Gasteiger partial charge in [0.05, 0.1) is 32.0 Å². The fourth-order valence-electron chi connectivity index (χ4n) is 6.61. The number of anilines is 1. The Morgan fingerprint density at radius 1 is 1.04 bits per heavy atom. The molecule has 2 aliphatic heterocycles. The summed E-state index contributed by atoms with van der Waals surface area (Å²) < 4.78 is 58.3. The van der Waals surface area contributed by atoms with E-state index in [2.05, 4.69) is 47.6 Å². The van der Waals surface area contributed by atoms with Crippen molar-refractivity contribution >= 4 is 49.9 Å². The Bertz CT molecular complexity index is 2370. The van der Waals surface area contributed by atoms with Crippen LogP contribution in [0.5, 0.6) is 0 Å². The lowest BCUT2D eigenvalue weighted by Crippen LogP contribution is -2.31. The highest BCUT2D eigenvalue weighted by Crippen LogP contribution is 2.52. The van der Waals surface area contributed by atoms with Gasteiger partial charge in [-0.3, -0.25) is 23.3 Å². The number of aromatic amines is 1. The molecule has 4 aromatic heterocycles. The van der Waals surface area contributed by atoms with Crippen molar-refractivity contribution in [3.05, 3.63) is 71.1 Å². The Morgan fingerprint density at radius 2 is 1.70 bits per heavy atom. The lowest BCUT2D eigenvalue weighted by molar-refractivity contribution is -0.0498. The first-order valence-corrected chi connectivity index (χ1v) is 20.4. The highest BCUT2D eigenvalue weighted by atomic mass is 31.2. The Morgan fingerprint density at radius 3 is 2.38 bits per heavy atom. The number of nitrogens with zero attached hydrogens (tertiary/aromatic N) is 7. The van der Waals surface area contributed by atoms with Gasteiger partial charge in [0.1, 0.15) is 30.6 Å². The summed E-state index contributed by atoms with van der Waals surface area (Å²) in [5.41, 5.74) is 0.844. The molecule has 4 N–H and O–H groups in total. The Kier molecular flexibility index (Phi) is 12.5. The maximum atomic E-state index is 13.8. The van der Waals surface area contributed by atoms with Crippen molar-refractivity contribution < 1.29 is 47.0 Å². The molecule has 7 rings (SSSR count). The van der Waals surface area contributed by atoms with E-state index in [9.17, 15) is 28.7 Å².